The highest BCUT2D eigenvalue weighted by Crippen LogP contribution is 2.09. The van der Waals surface area contributed by atoms with Gasteiger partial charge in [0.05, 0.1) is 7.11 Å². The summed E-state index contributed by atoms with van der Waals surface area (Å²) < 4.78 is 5.56. The summed E-state index contributed by atoms with van der Waals surface area (Å²) in [6.45, 7) is 0. The molecule has 2 nitrogen and oxygen atoms in total. The van der Waals surface area contributed by atoms with Gasteiger partial charge in [0, 0.05) is 6.07 Å². The van der Waals surface area contributed by atoms with Gasteiger partial charge in [-0.05, 0) is 28.1 Å². The van der Waals surface area contributed by atoms with E-state index in [-0.39, 0.29) is 0 Å². The van der Waals surface area contributed by atoms with Crippen LogP contribution in [0, 0.1) is 6.07 Å². The van der Waals surface area contributed by atoms with E-state index in [1.165, 1.54) is 0 Å². The van der Waals surface area contributed by atoms with Gasteiger partial charge in [0.2, 0.25) is 5.88 Å². The Bertz CT molecular complexity index is 202. The van der Waals surface area contributed by atoms with E-state index in [1.807, 2.05) is 0 Å². The van der Waals surface area contributed by atoms with Gasteiger partial charge in [-0.3, -0.25) is 0 Å². The largest absolute Gasteiger partial charge is 0.481 e. The van der Waals surface area contributed by atoms with Crippen molar-refractivity contribution >= 4 is 15.9 Å². The zero-order valence-corrected chi connectivity index (χ0v) is 6.47. The lowest BCUT2D eigenvalue weighted by molar-refractivity contribution is 0.396. The molecule has 0 fully saturated rings. The van der Waals surface area contributed by atoms with Crippen molar-refractivity contribution in [2.75, 3.05) is 7.11 Å². The summed E-state index contributed by atoms with van der Waals surface area (Å²) >= 11 is 3.19. The van der Waals surface area contributed by atoms with Crippen molar-refractivity contribution in [3.63, 3.8) is 0 Å². The lowest BCUT2D eigenvalue weighted by Crippen LogP contribution is -1.85. The molecule has 0 aromatic carbocycles. The molecule has 1 aromatic rings. The topological polar surface area (TPSA) is 22.1 Å². The van der Waals surface area contributed by atoms with Crippen molar-refractivity contribution in [3.05, 3.63) is 22.8 Å². The zero-order chi connectivity index (χ0) is 6.69. The Kier molecular flexibility index (Phi) is 2.05. The van der Waals surface area contributed by atoms with Crippen LogP contribution in [0.4, 0.5) is 0 Å². The van der Waals surface area contributed by atoms with E-state index in [1.54, 1.807) is 19.2 Å². The molecule has 0 atom stereocenters. The molecule has 0 spiro atoms. The summed E-state index contributed by atoms with van der Waals surface area (Å²) in [6, 6.07) is 6.34. The lowest BCUT2D eigenvalue weighted by Gasteiger charge is -1.94. The van der Waals surface area contributed by atoms with Crippen LogP contribution in [0.2, 0.25) is 0 Å². The van der Waals surface area contributed by atoms with E-state index in [0.717, 1.165) is 4.60 Å². The van der Waals surface area contributed by atoms with Crippen LogP contribution in [0.15, 0.2) is 16.7 Å². The van der Waals surface area contributed by atoms with Crippen molar-refractivity contribution in [2.45, 2.75) is 0 Å². The number of hydrogen-bond acceptors (Lipinski definition) is 2. The summed E-state index contributed by atoms with van der Waals surface area (Å²) in [7, 11) is 1.56. The van der Waals surface area contributed by atoms with Gasteiger partial charge in [-0.1, -0.05) is 0 Å². The molecular weight excluding hydrogens is 182 g/mol. The summed E-state index contributed by atoms with van der Waals surface area (Å²) in [4.78, 5) is 3.93. The van der Waals surface area contributed by atoms with Crippen LogP contribution in [-0.2, 0) is 0 Å². The predicted molar refractivity (Wildman–Crippen MR) is 37.3 cm³/mol. The summed E-state index contributed by atoms with van der Waals surface area (Å²) in [5, 5.41) is 0. The van der Waals surface area contributed by atoms with Crippen LogP contribution >= 0.6 is 15.9 Å². The Hall–Kier alpha value is -0.570. The smallest absolute Gasteiger partial charge is 0.222 e. The van der Waals surface area contributed by atoms with E-state index < -0.39 is 0 Å². The Balaban J connectivity index is 2.94. The number of pyridine rings is 1. The highest BCUT2D eigenvalue weighted by atomic mass is 79.9. The quantitative estimate of drug-likeness (QED) is 0.623. The van der Waals surface area contributed by atoms with E-state index in [9.17, 15) is 0 Å². The van der Waals surface area contributed by atoms with Crippen molar-refractivity contribution in [2.24, 2.45) is 0 Å². The van der Waals surface area contributed by atoms with Gasteiger partial charge in [-0.2, -0.15) is 0 Å². The molecule has 0 saturated heterocycles. The molecule has 1 radical (unpaired) electrons. The molecule has 0 bridgehead atoms. The van der Waals surface area contributed by atoms with E-state index in [4.69, 9.17) is 4.74 Å². The van der Waals surface area contributed by atoms with Crippen LogP contribution in [0.3, 0.4) is 0 Å². The maximum Gasteiger partial charge on any atom is 0.222 e. The van der Waals surface area contributed by atoms with Crippen LogP contribution in [0.1, 0.15) is 0 Å². The Morgan fingerprint density at radius 1 is 1.78 bits per heavy atom. The first-order valence-electron chi connectivity index (χ1n) is 2.41. The van der Waals surface area contributed by atoms with Crippen LogP contribution in [0.5, 0.6) is 5.88 Å². The van der Waals surface area contributed by atoms with Crippen LogP contribution in [0.25, 0.3) is 0 Å². The molecule has 0 aliphatic rings. The third-order valence-corrected chi connectivity index (χ3v) is 1.27. The third-order valence-electron chi connectivity index (χ3n) is 0.829. The number of halogens is 1. The molecule has 9 heavy (non-hydrogen) atoms. The van der Waals surface area contributed by atoms with Gasteiger partial charge in [0.15, 0.2) is 0 Å². The number of nitrogens with zero attached hydrogens (tertiary/aromatic N) is 1. The van der Waals surface area contributed by atoms with Gasteiger partial charge in [-0.15, -0.1) is 0 Å². The Morgan fingerprint density at radius 2 is 2.56 bits per heavy atom. The predicted octanol–water partition coefficient (Wildman–Crippen LogP) is 1.65. The third kappa shape index (κ3) is 1.68. The Labute approximate surface area is 62.0 Å². The average Bonchev–Trinajstić information content (AvgIpc) is 1.88. The number of rotatable bonds is 1. The molecule has 1 rings (SSSR count). The lowest BCUT2D eigenvalue weighted by atomic mass is 10.5. The van der Waals surface area contributed by atoms with Gasteiger partial charge in [0.1, 0.15) is 4.60 Å². The zero-order valence-electron chi connectivity index (χ0n) is 4.89. The first kappa shape index (κ1) is 6.55. The van der Waals surface area contributed by atoms with E-state index in [2.05, 4.69) is 27.0 Å². The second-order valence-electron chi connectivity index (χ2n) is 1.42. The number of hydrogen-bond donors (Lipinski definition) is 0. The van der Waals surface area contributed by atoms with Crippen molar-refractivity contribution in [1.82, 2.24) is 4.98 Å². The van der Waals surface area contributed by atoms with E-state index >= 15 is 0 Å². The molecule has 3 heteroatoms. The maximum atomic E-state index is 4.80. The normalized spacial score (nSPS) is 9.11. The highest BCUT2D eigenvalue weighted by molar-refractivity contribution is 9.10. The van der Waals surface area contributed by atoms with Gasteiger partial charge in [-0.25, -0.2) is 4.98 Å². The summed E-state index contributed by atoms with van der Waals surface area (Å²) in [5.41, 5.74) is 0. The van der Waals surface area contributed by atoms with Gasteiger partial charge < -0.3 is 4.74 Å². The second kappa shape index (κ2) is 2.82. The molecule has 0 amide bonds. The molecule has 0 aliphatic heterocycles. The summed E-state index contributed by atoms with van der Waals surface area (Å²) in [6.07, 6.45) is 0. The molecule has 1 heterocycles. The minimum absolute atomic E-state index is 0.504. The number of methoxy groups -OCH3 is 1. The highest BCUT2D eigenvalue weighted by Gasteiger charge is 1.90. The standard InChI is InChI=1S/C6H5BrNO/c1-9-6-4-2-3-5(7)8-6/h2-3H,1H3. The second-order valence-corrected chi connectivity index (χ2v) is 2.23. The Morgan fingerprint density at radius 3 is 3.00 bits per heavy atom. The SMILES string of the molecule is COc1[c]ccc(Br)n1. The van der Waals surface area contributed by atoms with Gasteiger partial charge in [0.25, 0.3) is 0 Å². The molecule has 0 saturated carbocycles. The fourth-order valence-electron chi connectivity index (χ4n) is 0.453. The minimum atomic E-state index is 0.504. The van der Waals surface area contributed by atoms with Crippen LogP contribution in [-0.4, -0.2) is 12.1 Å². The summed E-state index contributed by atoms with van der Waals surface area (Å²) in [5.74, 6) is 0.504. The van der Waals surface area contributed by atoms with Crippen molar-refractivity contribution < 1.29 is 4.74 Å². The molecule has 0 N–H and O–H groups in total. The van der Waals surface area contributed by atoms with Crippen molar-refractivity contribution in [1.29, 1.82) is 0 Å². The maximum absolute atomic E-state index is 4.80. The fourth-order valence-corrected chi connectivity index (χ4v) is 0.746. The minimum Gasteiger partial charge on any atom is -0.481 e. The monoisotopic (exact) mass is 186 g/mol. The molecule has 0 unspecified atom stereocenters. The first-order valence-corrected chi connectivity index (χ1v) is 3.20. The number of aromatic nitrogens is 1. The molecule has 1 aromatic heterocycles. The molecule has 0 aliphatic carbocycles. The molecule has 47 valence electrons. The van der Waals surface area contributed by atoms with Crippen molar-refractivity contribution in [3.8, 4) is 5.88 Å². The van der Waals surface area contributed by atoms with Crippen LogP contribution < -0.4 is 4.74 Å². The average molecular weight is 187 g/mol. The fraction of sp³-hybridized carbons (Fsp3) is 0.167. The first-order chi connectivity index (χ1) is 4.33. The molecular formula is C6H5BrNO. The number of ether oxygens (including phenoxy) is 1. The van der Waals surface area contributed by atoms with Gasteiger partial charge >= 0.3 is 0 Å². The van der Waals surface area contributed by atoms with E-state index in [0.29, 0.717) is 5.88 Å².